The molecule has 0 aliphatic heterocycles. The van der Waals surface area contributed by atoms with Gasteiger partial charge in [0.05, 0.1) is 19.4 Å². The van der Waals surface area contributed by atoms with Gasteiger partial charge < -0.3 is 25.0 Å². The van der Waals surface area contributed by atoms with E-state index in [4.69, 9.17) is 14.6 Å². The highest BCUT2D eigenvalue weighted by atomic mass is 16.5. The van der Waals surface area contributed by atoms with Crippen LogP contribution < -0.4 is 10.1 Å². The number of aliphatic hydroxyl groups excluding tert-OH is 1. The molecule has 1 aromatic heterocycles. The monoisotopic (exact) mass is 423 g/mol. The van der Waals surface area contributed by atoms with E-state index in [9.17, 15) is 14.7 Å². The lowest BCUT2D eigenvalue weighted by molar-refractivity contribution is -0.143. The second-order valence-electron chi connectivity index (χ2n) is 6.48. The molecule has 9 heteroatoms. The highest BCUT2D eigenvalue weighted by Gasteiger charge is 2.12. The van der Waals surface area contributed by atoms with Crippen LogP contribution in [-0.2, 0) is 20.9 Å². The largest absolute Gasteiger partial charge is 0.497 e. The first kappa shape index (κ1) is 21.9. The number of hydrogen-bond acceptors (Lipinski definition) is 7. The number of amides is 1. The molecule has 31 heavy (non-hydrogen) atoms. The number of benzene rings is 2. The van der Waals surface area contributed by atoms with Gasteiger partial charge in [-0.15, -0.1) is 0 Å². The van der Waals surface area contributed by atoms with Crippen molar-refractivity contribution in [3.63, 3.8) is 0 Å². The first-order chi connectivity index (χ1) is 15.0. The molecule has 3 aromatic rings. The zero-order valence-electron chi connectivity index (χ0n) is 16.7. The van der Waals surface area contributed by atoms with Crippen molar-refractivity contribution in [2.45, 2.75) is 6.61 Å². The van der Waals surface area contributed by atoms with Crippen LogP contribution in [0.1, 0.15) is 5.56 Å². The lowest BCUT2D eigenvalue weighted by Gasteiger charge is -2.11. The van der Waals surface area contributed by atoms with Gasteiger partial charge in [0.2, 0.25) is 0 Å². The predicted octanol–water partition coefficient (Wildman–Crippen LogP) is 2.35. The minimum atomic E-state index is -1.16. The SMILES string of the molecule is COc1ccc(-c2cc(NC(=O)COCC(=O)O)nc(-c3ccc(CO)cc3)n2)cc1. The van der Waals surface area contributed by atoms with Gasteiger partial charge in [-0.3, -0.25) is 4.79 Å². The van der Waals surface area contributed by atoms with E-state index in [0.29, 0.717) is 22.8 Å². The number of methoxy groups -OCH3 is 1. The number of nitrogens with zero attached hydrogens (tertiary/aromatic N) is 2. The fraction of sp³-hybridized carbons (Fsp3) is 0.182. The average molecular weight is 423 g/mol. The number of rotatable bonds is 9. The smallest absolute Gasteiger partial charge is 0.329 e. The van der Waals surface area contributed by atoms with Gasteiger partial charge in [-0.05, 0) is 29.8 Å². The summed E-state index contributed by atoms with van der Waals surface area (Å²) < 4.78 is 10.0. The van der Waals surface area contributed by atoms with Crippen LogP contribution in [0, 0.1) is 0 Å². The van der Waals surface area contributed by atoms with Gasteiger partial charge in [-0.2, -0.15) is 0 Å². The van der Waals surface area contributed by atoms with Gasteiger partial charge in [0, 0.05) is 17.2 Å². The predicted molar refractivity (Wildman–Crippen MR) is 112 cm³/mol. The molecule has 0 radical (unpaired) electrons. The van der Waals surface area contributed by atoms with Crippen LogP contribution in [0.3, 0.4) is 0 Å². The molecule has 3 N–H and O–H groups in total. The summed E-state index contributed by atoms with van der Waals surface area (Å²) in [5.74, 6) is -0.389. The molecular formula is C22H21N3O6. The third kappa shape index (κ3) is 6.08. The molecule has 3 rings (SSSR count). The second-order valence-corrected chi connectivity index (χ2v) is 6.48. The van der Waals surface area contributed by atoms with Gasteiger partial charge in [0.25, 0.3) is 5.91 Å². The summed E-state index contributed by atoms with van der Waals surface area (Å²) in [5, 5.41) is 20.5. The molecule has 160 valence electrons. The lowest BCUT2D eigenvalue weighted by atomic mass is 10.1. The number of ether oxygens (including phenoxy) is 2. The number of aromatic nitrogens is 2. The van der Waals surface area contributed by atoms with E-state index in [1.54, 1.807) is 49.6 Å². The highest BCUT2D eigenvalue weighted by molar-refractivity contribution is 5.91. The fourth-order valence-electron chi connectivity index (χ4n) is 2.72. The van der Waals surface area contributed by atoms with E-state index < -0.39 is 25.1 Å². The maximum Gasteiger partial charge on any atom is 0.329 e. The van der Waals surface area contributed by atoms with Crippen molar-refractivity contribution in [1.82, 2.24) is 9.97 Å². The van der Waals surface area contributed by atoms with Crippen molar-refractivity contribution in [2.75, 3.05) is 25.6 Å². The molecule has 9 nitrogen and oxygen atoms in total. The normalized spacial score (nSPS) is 10.5. The Morgan fingerprint density at radius 1 is 0.968 bits per heavy atom. The lowest BCUT2D eigenvalue weighted by Crippen LogP contribution is -2.21. The second kappa shape index (κ2) is 10.3. The minimum absolute atomic E-state index is 0.0787. The number of carbonyl (C=O) groups excluding carboxylic acids is 1. The Kier molecular flexibility index (Phi) is 7.26. The standard InChI is InChI=1S/C22H21N3O6/c1-30-17-8-6-15(7-9-17)18-10-19(24-20(27)12-31-13-21(28)29)25-22(23-18)16-4-2-14(11-26)3-5-16/h2-10,26H,11-13H2,1H3,(H,28,29)(H,23,24,25,27). The molecule has 1 amide bonds. The first-order valence-corrected chi connectivity index (χ1v) is 9.31. The Balaban J connectivity index is 1.92. The molecule has 0 aliphatic carbocycles. The summed E-state index contributed by atoms with van der Waals surface area (Å²) in [6.45, 7) is -1.07. The van der Waals surface area contributed by atoms with Crippen LogP contribution >= 0.6 is 0 Å². The van der Waals surface area contributed by atoms with Crippen LogP contribution in [0.5, 0.6) is 5.75 Å². The molecule has 0 saturated carbocycles. The molecule has 0 bridgehead atoms. The van der Waals surface area contributed by atoms with Gasteiger partial charge in [0.1, 0.15) is 24.8 Å². The molecule has 0 atom stereocenters. The van der Waals surface area contributed by atoms with Crippen molar-refractivity contribution < 1.29 is 29.3 Å². The Morgan fingerprint density at radius 2 is 1.65 bits per heavy atom. The Hall–Kier alpha value is -3.82. The fourth-order valence-corrected chi connectivity index (χ4v) is 2.72. The van der Waals surface area contributed by atoms with Crippen molar-refractivity contribution in [1.29, 1.82) is 0 Å². The molecule has 0 spiro atoms. The van der Waals surface area contributed by atoms with Crippen LogP contribution in [0.15, 0.2) is 54.6 Å². The number of nitrogens with one attached hydrogen (secondary N) is 1. The number of carbonyl (C=O) groups is 2. The van der Waals surface area contributed by atoms with Crippen LogP contribution in [-0.4, -0.2) is 52.4 Å². The zero-order valence-corrected chi connectivity index (χ0v) is 16.7. The van der Waals surface area contributed by atoms with E-state index in [1.165, 1.54) is 0 Å². The summed E-state index contributed by atoms with van der Waals surface area (Å²) in [7, 11) is 1.58. The Bertz CT molecular complexity index is 986. The van der Waals surface area contributed by atoms with Gasteiger partial charge in [-0.1, -0.05) is 24.3 Å². The summed E-state index contributed by atoms with van der Waals surface area (Å²) in [4.78, 5) is 31.7. The third-order valence-corrected chi connectivity index (χ3v) is 4.23. The third-order valence-electron chi connectivity index (χ3n) is 4.23. The van der Waals surface area contributed by atoms with Gasteiger partial charge in [-0.25, -0.2) is 14.8 Å². The van der Waals surface area contributed by atoms with Crippen molar-refractivity contribution in [2.24, 2.45) is 0 Å². The Morgan fingerprint density at radius 3 is 2.26 bits per heavy atom. The maximum atomic E-state index is 12.1. The number of hydrogen-bond donors (Lipinski definition) is 3. The van der Waals surface area contributed by atoms with Crippen LogP contribution in [0.2, 0.25) is 0 Å². The first-order valence-electron chi connectivity index (χ1n) is 9.31. The summed E-state index contributed by atoms with van der Waals surface area (Å²) in [6.07, 6.45) is 0. The van der Waals surface area contributed by atoms with E-state index >= 15 is 0 Å². The maximum absolute atomic E-state index is 12.1. The number of aliphatic carboxylic acids is 1. The number of anilines is 1. The zero-order chi connectivity index (χ0) is 22.2. The van der Waals surface area contributed by atoms with Gasteiger partial charge >= 0.3 is 5.97 Å². The van der Waals surface area contributed by atoms with Crippen molar-refractivity contribution >= 4 is 17.7 Å². The molecular weight excluding hydrogens is 402 g/mol. The van der Waals surface area contributed by atoms with Crippen molar-refractivity contribution in [3.8, 4) is 28.4 Å². The summed E-state index contributed by atoms with van der Waals surface area (Å²) >= 11 is 0. The summed E-state index contributed by atoms with van der Waals surface area (Å²) in [5.41, 5.74) is 2.80. The van der Waals surface area contributed by atoms with Crippen LogP contribution in [0.25, 0.3) is 22.6 Å². The number of carboxylic acids is 1. The Labute approximate surface area is 178 Å². The average Bonchev–Trinajstić information content (AvgIpc) is 2.78. The molecule has 2 aromatic carbocycles. The van der Waals surface area contributed by atoms with Crippen LogP contribution in [0.4, 0.5) is 5.82 Å². The topological polar surface area (TPSA) is 131 Å². The van der Waals surface area contributed by atoms with Crippen molar-refractivity contribution in [3.05, 3.63) is 60.2 Å². The van der Waals surface area contributed by atoms with E-state index in [2.05, 4.69) is 15.3 Å². The van der Waals surface area contributed by atoms with E-state index in [0.717, 1.165) is 11.1 Å². The molecule has 0 unspecified atom stereocenters. The number of carboxylic acid groups (broad SMARTS) is 1. The highest BCUT2D eigenvalue weighted by Crippen LogP contribution is 2.26. The van der Waals surface area contributed by atoms with E-state index in [1.807, 2.05) is 12.1 Å². The number of aliphatic hydroxyl groups is 1. The summed E-state index contributed by atoms with van der Waals surface area (Å²) in [6, 6.07) is 16.0. The van der Waals surface area contributed by atoms with Gasteiger partial charge in [0.15, 0.2) is 5.82 Å². The minimum Gasteiger partial charge on any atom is -0.497 e. The molecule has 1 heterocycles. The van der Waals surface area contributed by atoms with E-state index in [-0.39, 0.29) is 12.4 Å². The quantitative estimate of drug-likeness (QED) is 0.478. The molecule has 0 fully saturated rings. The molecule has 0 saturated heterocycles. The molecule has 0 aliphatic rings.